The van der Waals surface area contributed by atoms with Gasteiger partial charge in [0.05, 0.1) is 5.69 Å². The number of amides is 1. The number of hydrogen-bond acceptors (Lipinski definition) is 4. The first-order valence-electron chi connectivity index (χ1n) is 8.90. The van der Waals surface area contributed by atoms with Crippen LogP contribution < -0.4 is 5.32 Å². The average molecular weight is 325 g/mol. The Hall–Kier alpha value is -2.14. The van der Waals surface area contributed by atoms with Crippen LogP contribution in [0.25, 0.3) is 0 Å². The van der Waals surface area contributed by atoms with Crippen LogP contribution >= 0.6 is 0 Å². The molecular formula is C19H23N3O2. The molecule has 0 saturated carbocycles. The molecule has 1 aromatic carbocycles. The van der Waals surface area contributed by atoms with E-state index in [-0.39, 0.29) is 5.91 Å². The summed E-state index contributed by atoms with van der Waals surface area (Å²) in [5, 5.41) is 7.03. The van der Waals surface area contributed by atoms with Crippen molar-refractivity contribution in [1.82, 2.24) is 10.1 Å². The molecule has 1 saturated heterocycles. The first kappa shape index (κ1) is 15.4. The minimum absolute atomic E-state index is 0.191. The number of fused-ring (bicyclic) bond motifs is 1. The monoisotopic (exact) mass is 325 g/mol. The van der Waals surface area contributed by atoms with Crippen molar-refractivity contribution in [3.05, 3.63) is 46.8 Å². The van der Waals surface area contributed by atoms with Gasteiger partial charge in [-0.05, 0) is 69.3 Å². The van der Waals surface area contributed by atoms with Crippen LogP contribution in [-0.2, 0) is 19.4 Å². The summed E-state index contributed by atoms with van der Waals surface area (Å²) in [5.41, 5.74) is 3.99. The SMILES string of the molecule is O=C(Nc1cccc(CN2CCCC2)c1)c1onc2c1CCCC2. The van der Waals surface area contributed by atoms with E-state index in [0.29, 0.717) is 5.76 Å². The maximum Gasteiger partial charge on any atom is 0.294 e. The van der Waals surface area contributed by atoms with Gasteiger partial charge in [0.2, 0.25) is 5.76 Å². The molecule has 2 aliphatic rings. The van der Waals surface area contributed by atoms with Gasteiger partial charge in [0.15, 0.2) is 0 Å². The van der Waals surface area contributed by atoms with Crippen LogP contribution in [0.1, 0.15) is 53.1 Å². The highest BCUT2D eigenvalue weighted by molar-refractivity contribution is 6.03. The van der Waals surface area contributed by atoms with E-state index in [4.69, 9.17) is 4.52 Å². The third-order valence-corrected chi connectivity index (χ3v) is 4.96. The lowest BCUT2D eigenvalue weighted by Crippen LogP contribution is -2.18. The topological polar surface area (TPSA) is 58.4 Å². The van der Waals surface area contributed by atoms with Crippen molar-refractivity contribution in [2.75, 3.05) is 18.4 Å². The second-order valence-corrected chi connectivity index (χ2v) is 6.78. The molecule has 0 bridgehead atoms. The van der Waals surface area contributed by atoms with Gasteiger partial charge in [0.25, 0.3) is 5.91 Å². The van der Waals surface area contributed by atoms with Crippen LogP contribution in [0.5, 0.6) is 0 Å². The maximum absolute atomic E-state index is 12.5. The van der Waals surface area contributed by atoms with E-state index in [1.165, 1.54) is 31.5 Å². The first-order chi connectivity index (χ1) is 11.8. The smallest absolute Gasteiger partial charge is 0.294 e. The van der Waals surface area contributed by atoms with Gasteiger partial charge in [-0.1, -0.05) is 17.3 Å². The number of aryl methyl sites for hydroxylation is 1. The molecule has 0 spiro atoms. The summed E-state index contributed by atoms with van der Waals surface area (Å²) in [6.07, 6.45) is 6.59. The fraction of sp³-hybridized carbons (Fsp3) is 0.474. The zero-order valence-corrected chi connectivity index (χ0v) is 13.9. The minimum atomic E-state index is -0.191. The normalized spacial score (nSPS) is 17.7. The number of rotatable bonds is 4. The predicted octanol–water partition coefficient (Wildman–Crippen LogP) is 3.40. The van der Waals surface area contributed by atoms with E-state index in [9.17, 15) is 4.79 Å². The molecule has 0 unspecified atom stereocenters. The maximum atomic E-state index is 12.5. The van der Waals surface area contributed by atoms with Crippen molar-refractivity contribution in [2.24, 2.45) is 0 Å². The van der Waals surface area contributed by atoms with E-state index in [1.807, 2.05) is 12.1 Å². The Labute approximate surface area is 142 Å². The van der Waals surface area contributed by atoms with Crippen LogP contribution in [0, 0.1) is 0 Å². The number of nitrogens with one attached hydrogen (secondary N) is 1. The molecule has 1 aliphatic heterocycles. The number of aromatic nitrogens is 1. The molecule has 2 heterocycles. The van der Waals surface area contributed by atoms with Gasteiger partial charge in [0, 0.05) is 17.8 Å². The van der Waals surface area contributed by atoms with Crippen molar-refractivity contribution >= 4 is 11.6 Å². The van der Waals surface area contributed by atoms with Crippen molar-refractivity contribution in [3.63, 3.8) is 0 Å². The van der Waals surface area contributed by atoms with Gasteiger partial charge in [-0.2, -0.15) is 0 Å². The number of likely N-dealkylation sites (tertiary alicyclic amines) is 1. The van der Waals surface area contributed by atoms with Crippen LogP contribution in [0.4, 0.5) is 5.69 Å². The lowest BCUT2D eigenvalue weighted by Gasteiger charge is -2.15. The summed E-state index contributed by atoms with van der Waals surface area (Å²) in [7, 11) is 0. The number of carbonyl (C=O) groups excluding carboxylic acids is 1. The summed E-state index contributed by atoms with van der Waals surface area (Å²) < 4.78 is 5.32. The summed E-state index contributed by atoms with van der Waals surface area (Å²) in [6.45, 7) is 3.28. The Morgan fingerprint density at radius 1 is 1.17 bits per heavy atom. The van der Waals surface area contributed by atoms with Gasteiger partial charge in [-0.25, -0.2) is 0 Å². The minimum Gasteiger partial charge on any atom is -0.350 e. The molecule has 1 amide bonds. The first-order valence-corrected chi connectivity index (χ1v) is 8.90. The zero-order chi connectivity index (χ0) is 16.4. The van der Waals surface area contributed by atoms with Gasteiger partial charge in [-0.15, -0.1) is 0 Å². The molecule has 1 N–H and O–H groups in total. The standard InChI is InChI=1S/C19H23N3O2/c23-19(18-16-8-1-2-9-17(16)21-24-18)20-15-7-5-6-14(12-15)13-22-10-3-4-11-22/h5-7,12H,1-4,8-11,13H2,(H,20,23). The molecule has 1 aromatic heterocycles. The number of anilines is 1. The van der Waals surface area contributed by atoms with Crippen LogP contribution in [0.2, 0.25) is 0 Å². The summed E-state index contributed by atoms with van der Waals surface area (Å²) >= 11 is 0. The van der Waals surface area contributed by atoms with Crippen LogP contribution in [-0.4, -0.2) is 29.1 Å². The van der Waals surface area contributed by atoms with E-state index in [0.717, 1.165) is 49.2 Å². The molecule has 24 heavy (non-hydrogen) atoms. The van der Waals surface area contributed by atoms with Gasteiger partial charge in [-0.3, -0.25) is 9.69 Å². The average Bonchev–Trinajstić information content (AvgIpc) is 3.24. The van der Waals surface area contributed by atoms with E-state index in [2.05, 4.69) is 27.5 Å². The second kappa shape index (κ2) is 6.77. The fourth-order valence-electron chi connectivity index (χ4n) is 3.70. The largest absolute Gasteiger partial charge is 0.350 e. The number of nitrogens with zero attached hydrogens (tertiary/aromatic N) is 2. The molecule has 126 valence electrons. The number of benzene rings is 1. The predicted molar refractivity (Wildman–Crippen MR) is 92.1 cm³/mol. The summed E-state index contributed by atoms with van der Waals surface area (Å²) in [4.78, 5) is 15.0. The van der Waals surface area contributed by atoms with Gasteiger partial charge < -0.3 is 9.84 Å². The molecule has 0 radical (unpaired) electrons. The van der Waals surface area contributed by atoms with Crippen molar-refractivity contribution in [1.29, 1.82) is 0 Å². The van der Waals surface area contributed by atoms with Gasteiger partial charge >= 0.3 is 0 Å². The Balaban J connectivity index is 1.46. The van der Waals surface area contributed by atoms with Gasteiger partial charge in [0.1, 0.15) is 0 Å². The van der Waals surface area contributed by atoms with E-state index < -0.39 is 0 Å². The third-order valence-electron chi connectivity index (χ3n) is 4.96. The molecule has 5 nitrogen and oxygen atoms in total. The number of hydrogen-bond donors (Lipinski definition) is 1. The molecule has 1 aliphatic carbocycles. The highest BCUT2D eigenvalue weighted by atomic mass is 16.5. The zero-order valence-electron chi connectivity index (χ0n) is 13.9. The molecule has 1 fully saturated rings. The number of carbonyl (C=O) groups is 1. The Kier molecular flexibility index (Phi) is 4.34. The van der Waals surface area contributed by atoms with Crippen molar-refractivity contribution in [3.8, 4) is 0 Å². The summed E-state index contributed by atoms with van der Waals surface area (Å²) in [6, 6.07) is 8.09. The van der Waals surface area contributed by atoms with Crippen molar-refractivity contribution in [2.45, 2.75) is 45.1 Å². The Morgan fingerprint density at radius 2 is 2.00 bits per heavy atom. The second-order valence-electron chi connectivity index (χ2n) is 6.78. The van der Waals surface area contributed by atoms with Crippen LogP contribution in [0.3, 0.4) is 0 Å². The molecule has 4 rings (SSSR count). The highest BCUT2D eigenvalue weighted by Crippen LogP contribution is 2.25. The quantitative estimate of drug-likeness (QED) is 0.936. The molecule has 5 heteroatoms. The third kappa shape index (κ3) is 3.22. The van der Waals surface area contributed by atoms with Crippen LogP contribution in [0.15, 0.2) is 28.8 Å². The highest BCUT2D eigenvalue weighted by Gasteiger charge is 2.24. The Bertz CT molecular complexity index is 732. The lowest BCUT2D eigenvalue weighted by molar-refractivity contribution is 0.0986. The Morgan fingerprint density at radius 3 is 2.88 bits per heavy atom. The molecule has 2 aromatic rings. The molecule has 0 atom stereocenters. The van der Waals surface area contributed by atoms with E-state index >= 15 is 0 Å². The fourth-order valence-corrected chi connectivity index (χ4v) is 3.70. The van der Waals surface area contributed by atoms with Crippen molar-refractivity contribution < 1.29 is 9.32 Å². The summed E-state index contributed by atoms with van der Waals surface area (Å²) in [5.74, 6) is 0.193. The lowest BCUT2D eigenvalue weighted by atomic mass is 9.96. The molecular weight excluding hydrogens is 302 g/mol. The van der Waals surface area contributed by atoms with E-state index in [1.54, 1.807) is 0 Å².